The summed E-state index contributed by atoms with van der Waals surface area (Å²) in [6.45, 7) is 0.652. The highest BCUT2D eigenvalue weighted by atomic mass is 19.1. The predicted octanol–water partition coefficient (Wildman–Crippen LogP) is 3.34. The highest BCUT2D eigenvalue weighted by Crippen LogP contribution is 2.33. The average molecular weight is 271 g/mol. The third kappa shape index (κ3) is 2.54. The van der Waals surface area contributed by atoms with Crippen LogP contribution in [0.4, 0.5) is 4.39 Å². The lowest BCUT2D eigenvalue weighted by atomic mass is 9.86. The van der Waals surface area contributed by atoms with Crippen molar-refractivity contribution in [2.45, 2.75) is 12.5 Å². The van der Waals surface area contributed by atoms with Crippen LogP contribution in [-0.4, -0.2) is 13.7 Å². The fourth-order valence-corrected chi connectivity index (χ4v) is 2.94. The van der Waals surface area contributed by atoms with Crippen molar-refractivity contribution in [3.8, 4) is 5.75 Å². The standard InChI is InChI=1S/C17H18FNO/c1-19-17(13-6-4-7-15(18)10-13)14-9-12-5-2-3-8-16(12)20-11-14/h2-8,10,14,17,19H,9,11H2,1H3. The Morgan fingerprint density at radius 3 is 2.85 bits per heavy atom. The first-order chi connectivity index (χ1) is 9.78. The molecule has 3 rings (SSSR count). The Kier molecular flexibility index (Phi) is 3.70. The fraction of sp³-hybridized carbons (Fsp3) is 0.294. The van der Waals surface area contributed by atoms with Gasteiger partial charge >= 0.3 is 0 Å². The summed E-state index contributed by atoms with van der Waals surface area (Å²) in [6.07, 6.45) is 0.943. The number of hydrogen-bond acceptors (Lipinski definition) is 2. The van der Waals surface area contributed by atoms with Crippen LogP contribution in [-0.2, 0) is 6.42 Å². The molecule has 0 amide bonds. The largest absolute Gasteiger partial charge is 0.493 e. The molecule has 0 aliphatic carbocycles. The van der Waals surface area contributed by atoms with Gasteiger partial charge in [-0.1, -0.05) is 30.3 Å². The molecule has 20 heavy (non-hydrogen) atoms. The van der Waals surface area contributed by atoms with E-state index in [-0.39, 0.29) is 11.9 Å². The lowest BCUT2D eigenvalue weighted by Crippen LogP contribution is -2.33. The number of para-hydroxylation sites is 1. The van der Waals surface area contributed by atoms with Crippen molar-refractivity contribution < 1.29 is 9.13 Å². The molecule has 0 bridgehead atoms. The van der Waals surface area contributed by atoms with E-state index in [1.54, 1.807) is 12.1 Å². The normalized spacial score (nSPS) is 19.0. The Balaban J connectivity index is 1.85. The molecule has 1 N–H and O–H groups in total. The van der Waals surface area contributed by atoms with Crippen molar-refractivity contribution in [3.63, 3.8) is 0 Å². The van der Waals surface area contributed by atoms with E-state index in [2.05, 4.69) is 11.4 Å². The van der Waals surface area contributed by atoms with Gasteiger partial charge in [-0.05, 0) is 42.8 Å². The molecular formula is C17H18FNO. The van der Waals surface area contributed by atoms with Gasteiger partial charge in [0.1, 0.15) is 11.6 Å². The monoisotopic (exact) mass is 271 g/mol. The maximum absolute atomic E-state index is 13.4. The van der Waals surface area contributed by atoms with Crippen LogP contribution in [0.1, 0.15) is 17.2 Å². The number of benzene rings is 2. The van der Waals surface area contributed by atoms with Crippen LogP contribution < -0.4 is 10.1 Å². The highest BCUT2D eigenvalue weighted by Gasteiger charge is 2.27. The van der Waals surface area contributed by atoms with Crippen molar-refractivity contribution in [1.29, 1.82) is 0 Å². The molecule has 2 nitrogen and oxygen atoms in total. The van der Waals surface area contributed by atoms with Gasteiger partial charge in [0.15, 0.2) is 0 Å². The van der Waals surface area contributed by atoms with E-state index in [1.807, 2.05) is 31.3 Å². The molecule has 2 aromatic carbocycles. The topological polar surface area (TPSA) is 21.3 Å². The molecule has 0 spiro atoms. The van der Waals surface area contributed by atoms with Crippen LogP contribution in [0.2, 0.25) is 0 Å². The van der Waals surface area contributed by atoms with Gasteiger partial charge in [0.25, 0.3) is 0 Å². The van der Waals surface area contributed by atoms with Crippen molar-refractivity contribution in [2.24, 2.45) is 5.92 Å². The summed E-state index contributed by atoms with van der Waals surface area (Å²) in [6, 6.07) is 15.0. The van der Waals surface area contributed by atoms with E-state index < -0.39 is 0 Å². The summed E-state index contributed by atoms with van der Waals surface area (Å²) >= 11 is 0. The Bertz CT molecular complexity index is 599. The minimum atomic E-state index is -0.195. The first kappa shape index (κ1) is 13.1. The highest BCUT2D eigenvalue weighted by molar-refractivity contribution is 5.36. The van der Waals surface area contributed by atoms with Gasteiger partial charge in [-0.15, -0.1) is 0 Å². The third-order valence-electron chi connectivity index (χ3n) is 3.90. The number of ether oxygens (including phenoxy) is 1. The molecule has 0 fully saturated rings. The van der Waals surface area contributed by atoms with Gasteiger partial charge in [0.05, 0.1) is 6.61 Å². The second-order valence-corrected chi connectivity index (χ2v) is 5.20. The molecule has 2 unspecified atom stereocenters. The van der Waals surface area contributed by atoms with Gasteiger partial charge in [-0.2, -0.15) is 0 Å². The summed E-state index contributed by atoms with van der Waals surface area (Å²) in [5.74, 6) is 1.08. The number of hydrogen-bond donors (Lipinski definition) is 1. The molecule has 0 aromatic heterocycles. The van der Waals surface area contributed by atoms with Crippen LogP contribution in [0, 0.1) is 11.7 Å². The number of nitrogens with one attached hydrogen (secondary N) is 1. The molecule has 1 heterocycles. The second kappa shape index (κ2) is 5.63. The summed E-state index contributed by atoms with van der Waals surface area (Å²) in [5, 5.41) is 3.30. The SMILES string of the molecule is CNC(c1cccc(F)c1)C1COc2ccccc2C1. The maximum Gasteiger partial charge on any atom is 0.123 e. The van der Waals surface area contributed by atoms with Gasteiger partial charge in [-0.25, -0.2) is 4.39 Å². The molecule has 2 atom stereocenters. The van der Waals surface area contributed by atoms with E-state index in [1.165, 1.54) is 11.6 Å². The molecule has 1 aliphatic heterocycles. The van der Waals surface area contributed by atoms with E-state index in [0.29, 0.717) is 12.5 Å². The van der Waals surface area contributed by atoms with Gasteiger partial charge in [-0.3, -0.25) is 0 Å². The number of rotatable bonds is 3. The van der Waals surface area contributed by atoms with Crippen LogP contribution in [0.25, 0.3) is 0 Å². The quantitative estimate of drug-likeness (QED) is 0.924. The zero-order valence-corrected chi connectivity index (χ0v) is 11.5. The van der Waals surface area contributed by atoms with E-state index in [9.17, 15) is 4.39 Å². The Morgan fingerprint density at radius 1 is 1.20 bits per heavy atom. The summed E-state index contributed by atoms with van der Waals surface area (Å²) < 4.78 is 19.2. The molecule has 104 valence electrons. The Hall–Kier alpha value is -1.87. The zero-order chi connectivity index (χ0) is 13.9. The average Bonchev–Trinajstić information content (AvgIpc) is 2.48. The van der Waals surface area contributed by atoms with Crippen molar-refractivity contribution in [1.82, 2.24) is 5.32 Å². The molecule has 1 aliphatic rings. The summed E-state index contributed by atoms with van der Waals surface area (Å²) in [4.78, 5) is 0. The van der Waals surface area contributed by atoms with E-state index in [4.69, 9.17) is 4.74 Å². The van der Waals surface area contributed by atoms with Gasteiger partial charge in [0, 0.05) is 12.0 Å². The van der Waals surface area contributed by atoms with E-state index in [0.717, 1.165) is 17.7 Å². The minimum Gasteiger partial charge on any atom is -0.493 e. The molecular weight excluding hydrogens is 253 g/mol. The van der Waals surface area contributed by atoms with Crippen LogP contribution in [0.3, 0.4) is 0 Å². The molecule has 3 heteroatoms. The number of fused-ring (bicyclic) bond motifs is 1. The third-order valence-corrected chi connectivity index (χ3v) is 3.90. The number of halogens is 1. The smallest absolute Gasteiger partial charge is 0.123 e. The van der Waals surface area contributed by atoms with Gasteiger partial charge < -0.3 is 10.1 Å². The first-order valence-corrected chi connectivity index (χ1v) is 6.91. The molecule has 0 saturated carbocycles. The van der Waals surface area contributed by atoms with Crippen LogP contribution in [0.5, 0.6) is 5.75 Å². The second-order valence-electron chi connectivity index (χ2n) is 5.20. The minimum absolute atomic E-state index is 0.0963. The predicted molar refractivity (Wildman–Crippen MR) is 77.3 cm³/mol. The van der Waals surface area contributed by atoms with Crippen molar-refractivity contribution in [2.75, 3.05) is 13.7 Å². The van der Waals surface area contributed by atoms with Crippen LogP contribution in [0.15, 0.2) is 48.5 Å². The molecule has 0 radical (unpaired) electrons. The van der Waals surface area contributed by atoms with Gasteiger partial charge in [0.2, 0.25) is 0 Å². The Labute approximate surface area is 118 Å². The summed E-state index contributed by atoms with van der Waals surface area (Å²) in [7, 11) is 1.91. The molecule has 0 saturated heterocycles. The van der Waals surface area contributed by atoms with Crippen molar-refractivity contribution in [3.05, 3.63) is 65.5 Å². The van der Waals surface area contributed by atoms with Crippen molar-refractivity contribution >= 4 is 0 Å². The first-order valence-electron chi connectivity index (χ1n) is 6.91. The lowest BCUT2D eigenvalue weighted by molar-refractivity contribution is 0.188. The van der Waals surface area contributed by atoms with Crippen LogP contribution >= 0.6 is 0 Å². The summed E-state index contributed by atoms with van der Waals surface area (Å²) in [5.41, 5.74) is 2.20. The Morgan fingerprint density at radius 2 is 2.05 bits per heavy atom. The fourth-order valence-electron chi connectivity index (χ4n) is 2.94. The maximum atomic E-state index is 13.4. The lowest BCUT2D eigenvalue weighted by Gasteiger charge is -2.31. The van der Waals surface area contributed by atoms with E-state index >= 15 is 0 Å². The molecule has 2 aromatic rings. The zero-order valence-electron chi connectivity index (χ0n) is 11.5.